The summed E-state index contributed by atoms with van der Waals surface area (Å²) in [4.78, 5) is 28.3. The highest BCUT2D eigenvalue weighted by Crippen LogP contribution is 2.45. The van der Waals surface area contributed by atoms with Crippen molar-refractivity contribution in [2.45, 2.75) is 52.9 Å². The highest BCUT2D eigenvalue weighted by atomic mass is 19.4. The maximum absolute atomic E-state index is 13.5. The van der Waals surface area contributed by atoms with Gasteiger partial charge in [-0.2, -0.15) is 26.3 Å². The molecule has 35 heavy (non-hydrogen) atoms. The van der Waals surface area contributed by atoms with Crippen LogP contribution in [0.25, 0.3) is 0 Å². The third-order valence-electron chi connectivity index (χ3n) is 6.61. The Morgan fingerprint density at radius 1 is 1.03 bits per heavy atom. The smallest absolute Gasteiger partial charge is 0.326 e. The van der Waals surface area contributed by atoms with E-state index >= 15 is 0 Å². The molecule has 1 saturated heterocycles. The lowest BCUT2D eigenvalue weighted by molar-refractivity contribution is -0.143. The number of rotatable bonds is 5. The zero-order valence-electron chi connectivity index (χ0n) is 19.7. The Balaban J connectivity index is 2.04. The van der Waals surface area contributed by atoms with Crippen LogP contribution < -0.4 is 10.2 Å². The van der Waals surface area contributed by atoms with Gasteiger partial charge in [-0.25, -0.2) is 0 Å². The maximum Gasteiger partial charge on any atom is 0.416 e. The zero-order chi connectivity index (χ0) is 26.3. The number of carbonyl (C=O) groups is 2. The van der Waals surface area contributed by atoms with Gasteiger partial charge in [-0.15, -0.1) is 0 Å². The number of alkyl halides is 6. The van der Waals surface area contributed by atoms with Crippen molar-refractivity contribution in [2.24, 2.45) is 11.3 Å². The van der Waals surface area contributed by atoms with Gasteiger partial charge in [0.1, 0.15) is 0 Å². The number of hydrogen-bond acceptors (Lipinski definition) is 2. The van der Waals surface area contributed by atoms with Crippen LogP contribution in [-0.2, 0) is 21.9 Å². The molecule has 190 valence electrons. The highest BCUT2D eigenvalue weighted by Gasteiger charge is 2.55. The minimum absolute atomic E-state index is 0.00186. The summed E-state index contributed by atoms with van der Waals surface area (Å²) >= 11 is 0. The number of nitrogens with zero attached hydrogens (tertiary/aromatic N) is 1. The lowest BCUT2D eigenvalue weighted by Crippen LogP contribution is -2.42. The van der Waals surface area contributed by atoms with Crippen LogP contribution in [0.2, 0.25) is 0 Å². The third kappa shape index (κ3) is 5.01. The molecule has 2 atom stereocenters. The number of amides is 2. The fourth-order valence-electron chi connectivity index (χ4n) is 4.79. The fourth-order valence-corrected chi connectivity index (χ4v) is 4.79. The Kier molecular flexibility index (Phi) is 6.98. The van der Waals surface area contributed by atoms with Crippen LogP contribution in [0, 0.1) is 25.2 Å². The fraction of sp³-hybridized carbons (Fsp3) is 0.440. The van der Waals surface area contributed by atoms with Crippen LogP contribution in [0.5, 0.6) is 0 Å². The van der Waals surface area contributed by atoms with Crippen molar-refractivity contribution < 1.29 is 35.9 Å². The van der Waals surface area contributed by atoms with Crippen molar-refractivity contribution in [3.63, 3.8) is 0 Å². The molecule has 1 fully saturated rings. The predicted molar refractivity (Wildman–Crippen MR) is 120 cm³/mol. The Labute approximate surface area is 199 Å². The molecular weight excluding hydrogens is 474 g/mol. The van der Waals surface area contributed by atoms with Gasteiger partial charge in [-0.1, -0.05) is 38.5 Å². The van der Waals surface area contributed by atoms with Crippen LogP contribution in [0.15, 0.2) is 36.4 Å². The van der Waals surface area contributed by atoms with Crippen molar-refractivity contribution in [2.75, 3.05) is 16.8 Å². The molecule has 4 nitrogen and oxygen atoms in total. The lowest BCUT2D eigenvalue weighted by atomic mass is 9.74. The van der Waals surface area contributed by atoms with Crippen molar-refractivity contribution in [1.82, 2.24) is 0 Å². The first kappa shape index (κ1) is 26.6. The number of hydrogen-bond donors (Lipinski definition) is 1. The molecule has 1 heterocycles. The summed E-state index contributed by atoms with van der Waals surface area (Å²) in [6.07, 6.45) is -9.39. The lowest BCUT2D eigenvalue weighted by Gasteiger charge is -2.31. The van der Waals surface area contributed by atoms with Crippen LogP contribution in [-0.4, -0.2) is 18.4 Å². The number of anilines is 2. The van der Waals surface area contributed by atoms with Gasteiger partial charge >= 0.3 is 12.4 Å². The maximum atomic E-state index is 13.5. The molecular formula is C25H26F6N2O2. The van der Waals surface area contributed by atoms with Crippen molar-refractivity contribution >= 4 is 23.2 Å². The molecule has 0 aliphatic carbocycles. The second-order valence-electron chi connectivity index (χ2n) is 9.04. The number of halogens is 6. The van der Waals surface area contributed by atoms with Crippen LogP contribution >= 0.6 is 0 Å². The summed E-state index contributed by atoms with van der Waals surface area (Å²) in [6, 6.07) is 6.41. The second-order valence-corrected chi connectivity index (χ2v) is 9.04. The van der Waals surface area contributed by atoms with Crippen molar-refractivity contribution in [1.29, 1.82) is 0 Å². The first-order chi connectivity index (χ1) is 16.1. The van der Waals surface area contributed by atoms with Crippen LogP contribution in [0.1, 0.15) is 48.9 Å². The van der Waals surface area contributed by atoms with Gasteiger partial charge in [0, 0.05) is 17.9 Å². The van der Waals surface area contributed by atoms with Crippen molar-refractivity contribution in [3.8, 4) is 0 Å². The topological polar surface area (TPSA) is 49.4 Å². The quantitative estimate of drug-likeness (QED) is 0.462. The summed E-state index contributed by atoms with van der Waals surface area (Å²) in [6.45, 7) is 6.96. The first-order valence-electron chi connectivity index (χ1n) is 11.1. The largest absolute Gasteiger partial charge is 0.416 e. The van der Waals surface area contributed by atoms with Gasteiger partial charge in [-0.3, -0.25) is 9.59 Å². The van der Waals surface area contributed by atoms with E-state index in [1.54, 1.807) is 13.8 Å². The van der Waals surface area contributed by atoms with E-state index in [2.05, 4.69) is 5.32 Å². The monoisotopic (exact) mass is 500 g/mol. The SMILES string of the molecule is CCC[C@@]1(C(=O)Nc2cc(C(F)(F)F)cc(C(F)(F)F)c2)CN(c2c(C)cccc2C)C(=O)C1C. The number of benzene rings is 2. The molecule has 1 aliphatic heterocycles. The number of nitrogens with one attached hydrogen (secondary N) is 1. The van der Waals surface area contributed by atoms with E-state index in [1.165, 1.54) is 4.90 Å². The number of aryl methyl sites for hydroxylation is 2. The molecule has 0 saturated carbocycles. The zero-order valence-corrected chi connectivity index (χ0v) is 19.7. The summed E-state index contributed by atoms with van der Waals surface area (Å²) < 4.78 is 79.6. The van der Waals surface area contributed by atoms with E-state index in [-0.39, 0.29) is 24.9 Å². The molecule has 2 amide bonds. The summed E-state index contributed by atoms with van der Waals surface area (Å²) in [5.74, 6) is -1.96. The number of para-hydroxylation sites is 1. The van der Waals surface area contributed by atoms with Crippen molar-refractivity contribution in [3.05, 3.63) is 58.7 Å². The molecule has 10 heteroatoms. The third-order valence-corrected chi connectivity index (χ3v) is 6.61. The van der Waals surface area contributed by atoms with Gasteiger partial charge in [0.15, 0.2) is 0 Å². The molecule has 0 aromatic heterocycles. The normalized spacial score (nSPS) is 20.9. The molecule has 0 spiro atoms. The van der Waals surface area contributed by atoms with E-state index in [9.17, 15) is 35.9 Å². The van der Waals surface area contributed by atoms with E-state index in [0.717, 1.165) is 11.1 Å². The average molecular weight is 500 g/mol. The Morgan fingerprint density at radius 2 is 1.54 bits per heavy atom. The van der Waals surface area contributed by atoms with E-state index in [1.807, 2.05) is 32.0 Å². The van der Waals surface area contributed by atoms with Gasteiger partial charge in [0.2, 0.25) is 11.8 Å². The molecule has 3 rings (SSSR count). The van der Waals surface area contributed by atoms with Gasteiger partial charge in [0.25, 0.3) is 0 Å². The van der Waals surface area contributed by atoms with E-state index in [4.69, 9.17) is 0 Å². The Morgan fingerprint density at radius 3 is 2.00 bits per heavy atom. The van der Waals surface area contributed by atoms with Gasteiger partial charge < -0.3 is 10.2 Å². The second kappa shape index (κ2) is 9.20. The molecule has 1 N–H and O–H groups in total. The molecule has 2 aromatic rings. The molecule has 0 bridgehead atoms. The summed E-state index contributed by atoms with van der Waals surface area (Å²) in [7, 11) is 0. The van der Waals surface area contributed by atoms with Gasteiger partial charge in [-0.05, 0) is 49.6 Å². The molecule has 2 aromatic carbocycles. The molecule has 1 aliphatic rings. The first-order valence-corrected chi connectivity index (χ1v) is 11.1. The standard InChI is InChI=1S/C25H26F6N2O2/c1-5-9-23(13-33(21(34)16(23)4)20-14(2)7-6-8-15(20)3)22(35)32-19-11-17(24(26,27)28)10-18(12-19)25(29,30)31/h6-8,10-12,16H,5,9,13H2,1-4H3,(H,32,35)/t16?,23-/m1/s1. The number of carbonyl (C=O) groups excluding carboxylic acids is 2. The highest BCUT2D eigenvalue weighted by molar-refractivity contribution is 6.07. The summed E-state index contributed by atoms with van der Waals surface area (Å²) in [5.41, 5.74) is -2.75. The van der Waals surface area contributed by atoms with E-state index < -0.39 is 46.4 Å². The Hall–Kier alpha value is -3.04. The average Bonchev–Trinajstić information content (AvgIpc) is 2.98. The van der Waals surface area contributed by atoms with E-state index in [0.29, 0.717) is 24.2 Å². The minimum Gasteiger partial charge on any atom is -0.326 e. The summed E-state index contributed by atoms with van der Waals surface area (Å²) in [5, 5.41) is 2.27. The molecule has 1 unspecified atom stereocenters. The predicted octanol–water partition coefficient (Wildman–Crippen LogP) is 6.75. The molecule has 0 radical (unpaired) electrons. The van der Waals surface area contributed by atoms with Crippen LogP contribution in [0.4, 0.5) is 37.7 Å². The van der Waals surface area contributed by atoms with Crippen LogP contribution in [0.3, 0.4) is 0 Å². The minimum atomic E-state index is -5.04. The Bertz CT molecular complexity index is 1090. The van der Waals surface area contributed by atoms with Gasteiger partial charge in [0.05, 0.1) is 22.5 Å².